The molecule has 3 radical (unpaired) electrons. The Morgan fingerprint density at radius 3 is 1.31 bits per heavy atom. The van der Waals surface area contributed by atoms with Gasteiger partial charge < -0.3 is 43.6 Å². The second-order valence-electron chi connectivity index (χ2n) is 27.5. The number of carbonyl (C=O) groups excluding carboxylic acids is 4. The number of carboxylic acids is 1. The predicted octanol–water partition coefficient (Wildman–Crippen LogP) is 15.2. The number of aromatic nitrogens is 6. The molecule has 0 bridgehead atoms. The summed E-state index contributed by atoms with van der Waals surface area (Å²) >= 11 is 8.56. The number of carboxylic acid groups (broad SMARTS) is 1. The number of aliphatic hydroxyl groups excluding tert-OH is 1. The summed E-state index contributed by atoms with van der Waals surface area (Å²) in [7, 11) is 12.1. The fraction of sp³-hybridized carbons (Fsp3) is 0.431. The van der Waals surface area contributed by atoms with Gasteiger partial charge in [0.25, 0.3) is 0 Å². The van der Waals surface area contributed by atoms with Crippen molar-refractivity contribution in [3.8, 4) is 43.6 Å². The van der Waals surface area contributed by atoms with Crippen LogP contribution in [0.15, 0.2) is 75.5 Å². The summed E-state index contributed by atoms with van der Waals surface area (Å²) in [6, 6.07) is 12.8. The molecule has 112 heavy (non-hydrogen) atoms. The van der Waals surface area contributed by atoms with Crippen LogP contribution in [-0.4, -0.2) is 181 Å². The fourth-order valence-electron chi connectivity index (χ4n) is 11.5. The summed E-state index contributed by atoms with van der Waals surface area (Å²) < 4.78 is 158. The molecule has 3 aliphatic rings. The molecule has 6 aromatic heterocycles. The number of benzene rings is 3. The van der Waals surface area contributed by atoms with E-state index in [4.69, 9.17) is 40.2 Å². The van der Waals surface area contributed by atoms with Crippen molar-refractivity contribution in [2.45, 2.75) is 169 Å². The Kier molecular flexibility index (Phi) is 29.7. The molecule has 0 spiro atoms. The van der Waals surface area contributed by atoms with E-state index in [-0.39, 0.29) is 70.7 Å². The first kappa shape index (κ1) is 90.3. The first-order chi connectivity index (χ1) is 52.2. The Hall–Kier alpha value is -8.93. The van der Waals surface area contributed by atoms with Crippen molar-refractivity contribution in [2.24, 2.45) is 0 Å². The van der Waals surface area contributed by atoms with Gasteiger partial charge in [0.2, 0.25) is 0 Å². The topological polar surface area (TPSA) is 305 Å². The molecular weight excluding hydrogens is 1590 g/mol. The molecule has 3 fully saturated rings. The molecule has 599 valence electrons. The molecule has 3 N–H and O–H groups in total. The molecule has 3 aliphatic heterocycles. The van der Waals surface area contributed by atoms with Crippen molar-refractivity contribution in [1.29, 1.82) is 0 Å². The van der Waals surface area contributed by atoms with Crippen LogP contribution in [-0.2, 0) is 56.6 Å². The van der Waals surface area contributed by atoms with Crippen LogP contribution in [0.2, 0.25) is 0 Å². The Morgan fingerprint density at radius 1 is 0.545 bits per heavy atom. The average molecular weight is 1660 g/mol. The number of carbonyl (C=O) groups is 5. The van der Waals surface area contributed by atoms with E-state index in [9.17, 15) is 78.5 Å². The molecule has 0 saturated carbocycles. The van der Waals surface area contributed by atoms with Crippen LogP contribution in [0, 0.1) is 41.5 Å². The number of hydrogen-bond acceptors (Lipinski definition) is 23. The number of likely N-dealkylation sites (tertiary alicyclic amines) is 2. The Bertz CT molecular complexity index is 4980. The molecule has 24 nitrogen and oxygen atoms in total. The zero-order valence-electron chi connectivity index (χ0n) is 62.7. The summed E-state index contributed by atoms with van der Waals surface area (Å²) in [4.78, 5) is 97.8. The standard InChI is InChI=1S/C26H28F3N3O5S.C20H17ClF3N3O3S.C15H11F3N2OS.C11H19NO5.BO.BH2P/c1-13-7-8-16-19(10-17(30-21(16)14(13)2)22-31-20(12-38-22)26(27,28)29)36-15-9-18(23(33)35-6)32(11-15)24(34)37-25(3,4)5;1-9-3-4-12-15(30-11-5-14(19(28)29)27(21)7-11)6-13(25-17(12)10(9)2)18-26-16(8-31-18)20(22,23)24;1-7-3-4-9-11(21)5-10(19-13(9)8(7)2)14-20-12(6-22-14)15(16,17)18;1-11(2,3)17-10(15)12-6-7(13)5-8(12)9(14)16-4;2*1-2/h7-8,10,12,15,18H,9,11H2,1-6H3;3-4,6,8,11,14H,5,7H2,1-2H3,(H,28,29);3-6H,1-2H3,(H,19,21);7-8,13H,5-6H2,1-4H3;;2H2/t15-,18-;11-,14-;;7-,8+;;/m00.1../s1. The van der Waals surface area contributed by atoms with Gasteiger partial charge in [-0.25, -0.2) is 48.5 Å². The molecule has 12 rings (SSSR count). The van der Waals surface area contributed by atoms with Gasteiger partial charge in [0.1, 0.15) is 79.4 Å². The number of esters is 2. The van der Waals surface area contributed by atoms with E-state index in [1.165, 1.54) is 34.5 Å². The van der Waals surface area contributed by atoms with Gasteiger partial charge in [-0.1, -0.05) is 18.2 Å². The number of β-amino-alcohol motifs (C(OH)–C–C–N with tert-alkyl or cyclic N) is 1. The van der Waals surface area contributed by atoms with Crippen molar-refractivity contribution in [2.75, 3.05) is 33.9 Å². The number of hydrogen-bond donors (Lipinski definition) is 3. The number of aromatic amines is 1. The third-order valence-corrected chi connectivity index (χ3v) is 20.3. The largest absolute Gasteiger partial charge is 0.187 e. The number of aryl methyl sites for hydroxylation is 6. The monoisotopic (exact) mass is 1660 g/mol. The number of thiazole rings is 3. The molecule has 3 aromatic carbocycles. The van der Waals surface area contributed by atoms with Crippen LogP contribution in [0.25, 0.3) is 64.8 Å². The SMILES string of the molecule is COC(=O)[C@@H]1C[C@@H](O)CN1C(=O)OC(C)(C)C.COC(=O)[C@@H]1C[C@H](Oc2cc(-c3nc(C(F)(F)F)cs3)nc3c(C)c(C)ccc23)CN1C(=O)OC(C)(C)C.Cc1ccc2c(=O)cc(-c3nc(C(F)(F)F)cs3)[nH]c2c1C.Cc1ccc2c(O[C@H]3C[C@@H](C(=O)O)N(Cl)C3)cc(-c3nc(C(F)(F)F)cs3)nc2c1C.[B]=O.[B]P. The van der Waals surface area contributed by atoms with Crippen LogP contribution in [0.4, 0.5) is 49.1 Å². The average Bonchev–Trinajstić information content (AvgIpc) is 1.20. The molecule has 0 aliphatic carbocycles. The molecule has 40 heteroatoms. The summed E-state index contributed by atoms with van der Waals surface area (Å²) in [6.07, 6.45) is -16.2. The van der Waals surface area contributed by atoms with E-state index in [1.54, 1.807) is 59.7 Å². The first-order valence-electron chi connectivity index (χ1n) is 33.7. The van der Waals surface area contributed by atoms with Crippen LogP contribution in [0.5, 0.6) is 11.5 Å². The molecule has 9 aromatic rings. The van der Waals surface area contributed by atoms with Crippen molar-refractivity contribution >= 4 is 133 Å². The van der Waals surface area contributed by atoms with Crippen molar-refractivity contribution in [3.05, 3.63) is 131 Å². The third kappa shape index (κ3) is 22.3. The van der Waals surface area contributed by atoms with Gasteiger partial charge >= 0.3 is 61.0 Å². The fourth-order valence-corrected chi connectivity index (χ4v) is 14.2. The van der Waals surface area contributed by atoms with E-state index in [0.717, 1.165) is 83.5 Å². The van der Waals surface area contributed by atoms with Crippen LogP contribution >= 0.6 is 54.9 Å². The van der Waals surface area contributed by atoms with Gasteiger partial charge in [0, 0.05) is 69.8 Å². The van der Waals surface area contributed by atoms with Gasteiger partial charge in [0.05, 0.1) is 69.8 Å². The van der Waals surface area contributed by atoms with Crippen LogP contribution in [0.1, 0.15) is 111 Å². The van der Waals surface area contributed by atoms with Crippen molar-refractivity contribution < 1.29 is 107 Å². The summed E-state index contributed by atoms with van der Waals surface area (Å²) in [6.45, 7) is 22.1. The number of fused-ring (bicyclic) bond motifs is 3. The second kappa shape index (κ2) is 36.9. The number of alkyl halides is 9. The predicted molar refractivity (Wildman–Crippen MR) is 407 cm³/mol. The molecule has 2 amide bonds. The number of nitrogens with one attached hydrogen (secondary N) is 1. The van der Waals surface area contributed by atoms with E-state index in [2.05, 4.69) is 49.9 Å². The van der Waals surface area contributed by atoms with E-state index >= 15 is 0 Å². The second-order valence-corrected chi connectivity index (χ2v) is 30.5. The Morgan fingerprint density at radius 2 is 0.920 bits per heavy atom. The van der Waals surface area contributed by atoms with E-state index < -0.39 is 113 Å². The number of aliphatic hydroxyl groups is 1. The van der Waals surface area contributed by atoms with Crippen molar-refractivity contribution in [3.63, 3.8) is 0 Å². The number of H-pyrrole nitrogens is 1. The zero-order valence-corrected chi connectivity index (χ0v) is 67.0. The molecule has 9 heterocycles. The smallest absolute Gasteiger partial charge is 0.0996 e. The number of methoxy groups -OCH3 is 2. The maximum Gasteiger partial charge on any atom is 0.0996 e. The summed E-state index contributed by atoms with van der Waals surface area (Å²) in [5.41, 5.74) is 3.52. The minimum atomic E-state index is -4.57. The molecule has 3 saturated heterocycles. The number of halogens is 10. The van der Waals surface area contributed by atoms with Gasteiger partial charge in [-0.3, -0.25) is 19.4 Å². The quantitative estimate of drug-likeness (QED) is 0.0286. The zero-order chi connectivity index (χ0) is 83.8. The van der Waals surface area contributed by atoms with E-state index in [0.29, 0.717) is 49.9 Å². The maximum atomic E-state index is 13.2. The first-order valence-corrected chi connectivity index (χ1v) is 37.3. The van der Waals surface area contributed by atoms with Gasteiger partial charge in [-0.2, -0.15) is 48.6 Å². The Labute approximate surface area is 657 Å². The minimum Gasteiger partial charge on any atom is -0.187 e. The van der Waals surface area contributed by atoms with E-state index in [1.807, 2.05) is 81.0 Å². The number of nitrogens with zero attached hydrogens (tertiary/aromatic N) is 8. The van der Waals surface area contributed by atoms with Gasteiger partial charge in [0.15, 0.2) is 22.5 Å². The molecule has 1 unspecified atom stereocenters. The molecular formula is C72H77B2ClF9N9O15PS3. The van der Waals surface area contributed by atoms with Crippen molar-refractivity contribution in [1.82, 2.24) is 44.1 Å². The van der Waals surface area contributed by atoms with Gasteiger partial charge in [-0.05, 0) is 146 Å². The summed E-state index contributed by atoms with van der Waals surface area (Å²) in [5, 5.41) is 23.8. The van der Waals surface area contributed by atoms with Gasteiger partial charge in [-0.15, -0.1) is 34.0 Å². The van der Waals surface area contributed by atoms with Crippen LogP contribution in [0.3, 0.4) is 0 Å². The number of rotatable bonds is 10. The number of ether oxygens (including phenoxy) is 6. The third-order valence-electron chi connectivity index (χ3n) is 17.3. The number of aliphatic carboxylic acids is 1. The number of pyridine rings is 3. The minimum absolute atomic E-state index is 0.0497. The maximum absolute atomic E-state index is 13.2. The van der Waals surface area contributed by atoms with Crippen LogP contribution < -0.4 is 14.9 Å². The normalized spacial score (nSPS) is 17.8. The number of amides is 2. The summed E-state index contributed by atoms with van der Waals surface area (Å²) in [5.74, 6) is -1.43. The Balaban J connectivity index is 0.000000212. The molecule has 7 atom stereocenters.